The minimum Gasteiger partial charge on any atom is -0.493 e. The lowest BCUT2D eigenvalue weighted by Crippen LogP contribution is -2.20. The predicted octanol–water partition coefficient (Wildman–Crippen LogP) is 4.29. The van der Waals surface area contributed by atoms with Gasteiger partial charge in [-0.2, -0.15) is 4.99 Å². The summed E-state index contributed by atoms with van der Waals surface area (Å²) in [7, 11) is 0. The number of aromatic nitrogens is 1. The van der Waals surface area contributed by atoms with Crippen LogP contribution < -0.4 is 9.54 Å². The van der Waals surface area contributed by atoms with E-state index in [1.807, 2.05) is 60.0 Å². The molecule has 27 heavy (non-hydrogen) atoms. The molecule has 142 valence electrons. The van der Waals surface area contributed by atoms with Crippen LogP contribution in [0.25, 0.3) is 10.2 Å². The van der Waals surface area contributed by atoms with Crippen LogP contribution in [0.4, 0.5) is 0 Å². The Labute approximate surface area is 166 Å². The summed E-state index contributed by atoms with van der Waals surface area (Å²) in [5.41, 5.74) is 0.996. The average molecular weight is 405 g/mol. The summed E-state index contributed by atoms with van der Waals surface area (Å²) in [6.45, 7) is 4.09. The minimum absolute atomic E-state index is 0.214. The molecule has 0 bridgehead atoms. The van der Waals surface area contributed by atoms with Gasteiger partial charge in [0.1, 0.15) is 5.75 Å². The lowest BCUT2D eigenvalue weighted by Gasteiger charge is -2.06. The van der Waals surface area contributed by atoms with Gasteiger partial charge in [0.2, 0.25) is 0 Å². The van der Waals surface area contributed by atoms with Crippen molar-refractivity contribution in [3.8, 4) is 5.75 Å². The fourth-order valence-electron chi connectivity index (χ4n) is 2.58. The zero-order valence-electron chi connectivity index (χ0n) is 15.1. The number of thiazole rings is 1. The van der Waals surface area contributed by atoms with E-state index in [1.54, 1.807) is 0 Å². The second kappa shape index (κ2) is 9.69. The normalized spacial score (nSPS) is 11.9. The van der Waals surface area contributed by atoms with Crippen molar-refractivity contribution in [3.63, 3.8) is 0 Å². The zero-order chi connectivity index (χ0) is 19.1. The number of fused-ring (bicyclic) bond motifs is 1. The van der Waals surface area contributed by atoms with Crippen LogP contribution in [0.2, 0.25) is 5.02 Å². The van der Waals surface area contributed by atoms with Gasteiger partial charge in [0, 0.05) is 18.2 Å². The molecule has 0 saturated heterocycles. The number of ether oxygens (including phenoxy) is 2. The number of nitrogens with zero attached hydrogens (tertiary/aromatic N) is 2. The highest BCUT2D eigenvalue weighted by Gasteiger charge is 2.09. The van der Waals surface area contributed by atoms with Gasteiger partial charge in [0.25, 0.3) is 5.91 Å². The molecule has 3 rings (SSSR count). The topological polar surface area (TPSA) is 52.8 Å². The Kier molecular flexibility index (Phi) is 7.04. The number of halogens is 1. The number of amides is 1. The van der Waals surface area contributed by atoms with Crippen molar-refractivity contribution >= 4 is 39.1 Å². The van der Waals surface area contributed by atoms with Crippen molar-refractivity contribution in [2.45, 2.75) is 19.9 Å². The predicted molar refractivity (Wildman–Crippen MR) is 108 cm³/mol. The van der Waals surface area contributed by atoms with Crippen LogP contribution >= 0.6 is 22.9 Å². The van der Waals surface area contributed by atoms with Crippen LogP contribution in [0.15, 0.2) is 53.5 Å². The highest BCUT2D eigenvalue weighted by molar-refractivity contribution is 7.16. The fourth-order valence-corrected chi connectivity index (χ4v) is 3.93. The van der Waals surface area contributed by atoms with Crippen molar-refractivity contribution in [2.24, 2.45) is 4.99 Å². The van der Waals surface area contributed by atoms with Gasteiger partial charge in [-0.1, -0.05) is 41.1 Å². The monoisotopic (exact) mass is 404 g/mol. The Morgan fingerprint density at radius 3 is 2.78 bits per heavy atom. The first kappa shape index (κ1) is 19.6. The number of benzene rings is 2. The largest absolute Gasteiger partial charge is 0.493 e. The Morgan fingerprint density at radius 1 is 1.19 bits per heavy atom. The van der Waals surface area contributed by atoms with Crippen LogP contribution in [-0.4, -0.2) is 30.3 Å². The Hall–Kier alpha value is -2.15. The molecule has 0 N–H and O–H groups in total. The molecule has 0 saturated carbocycles. The molecule has 1 amide bonds. The summed E-state index contributed by atoms with van der Waals surface area (Å²) >= 11 is 7.55. The zero-order valence-corrected chi connectivity index (χ0v) is 16.6. The first-order valence-electron chi connectivity index (χ1n) is 8.79. The highest BCUT2D eigenvalue weighted by Crippen LogP contribution is 2.22. The van der Waals surface area contributed by atoms with Gasteiger partial charge in [-0.25, -0.2) is 0 Å². The molecule has 0 radical (unpaired) electrons. The summed E-state index contributed by atoms with van der Waals surface area (Å²) in [4.78, 5) is 17.3. The smallest absolute Gasteiger partial charge is 0.251 e. The van der Waals surface area contributed by atoms with Crippen molar-refractivity contribution < 1.29 is 14.3 Å². The number of carbonyl (C=O) groups is 1. The molecular formula is C20H21ClN2O3S. The average Bonchev–Trinajstić information content (AvgIpc) is 2.99. The molecule has 1 aromatic heterocycles. The summed E-state index contributed by atoms with van der Waals surface area (Å²) in [5, 5.41) is 0.662. The van der Waals surface area contributed by atoms with Crippen LogP contribution in [0.1, 0.15) is 13.3 Å². The Balaban J connectivity index is 1.76. The second-order valence-electron chi connectivity index (χ2n) is 5.76. The maximum absolute atomic E-state index is 12.3. The number of carbonyl (C=O) groups excluding carboxylic acids is 1. The quantitative estimate of drug-likeness (QED) is 0.526. The van der Waals surface area contributed by atoms with Gasteiger partial charge < -0.3 is 14.0 Å². The first-order chi connectivity index (χ1) is 13.2. The molecule has 5 nitrogen and oxygen atoms in total. The van der Waals surface area contributed by atoms with Gasteiger partial charge in [0.15, 0.2) is 4.80 Å². The van der Waals surface area contributed by atoms with E-state index >= 15 is 0 Å². The third-order valence-electron chi connectivity index (χ3n) is 3.86. The maximum atomic E-state index is 12.3. The minimum atomic E-state index is -0.214. The highest BCUT2D eigenvalue weighted by atomic mass is 35.5. The van der Waals surface area contributed by atoms with E-state index in [0.717, 1.165) is 16.0 Å². The second-order valence-corrected chi connectivity index (χ2v) is 7.21. The van der Waals surface area contributed by atoms with E-state index in [-0.39, 0.29) is 12.3 Å². The third-order valence-corrected chi connectivity index (χ3v) is 5.13. The molecule has 1 heterocycles. The number of para-hydroxylation sites is 1. The standard InChI is InChI=1S/C20H21ClN2O3S/c1-2-25-13-11-23-17-9-8-15(21)14-18(17)27-20(23)22-19(24)10-12-26-16-6-4-3-5-7-16/h3-9,14H,2,10-13H2,1H3. The molecule has 0 aliphatic carbocycles. The third kappa shape index (κ3) is 5.42. The van der Waals surface area contributed by atoms with Crippen molar-refractivity contribution in [1.29, 1.82) is 0 Å². The van der Waals surface area contributed by atoms with Gasteiger partial charge in [0.05, 0.1) is 29.9 Å². The van der Waals surface area contributed by atoms with Crippen LogP contribution in [0.3, 0.4) is 0 Å². The number of hydrogen-bond acceptors (Lipinski definition) is 4. The van der Waals surface area contributed by atoms with Crippen LogP contribution in [-0.2, 0) is 16.1 Å². The molecule has 2 aromatic carbocycles. The van der Waals surface area contributed by atoms with E-state index < -0.39 is 0 Å². The summed E-state index contributed by atoms with van der Waals surface area (Å²) in [5.74, 6) is 0.530. The van der Waals surface area contributed by atoms with Crippen LogP contribution in [0, 0.1) is 0 Å². The Morgan fingerprint density at radius 2 is 2.00 bits per heavy atom. The number of rotatable bonds is 8. The molecule has 0 unspecified atom stereocenters. The maximum Gasteiger partial charge on any atom is 0.251 e. The number of hydrogen-bond donors (Lipinski definition) is 0. The van der Waals surface area contributed by atoms with Crippen molar-refractivity contribution in [2.75, 3.05) is 19.8 Å². The summed E-state index contributed by atoms with van der Waals surface area (Å²) < 4.78 is 14.0. The van der Waals surface area contributed by atoms with E-state index in [9.17, 15) is 4.79 Å². The molecule has 0 aliphatic heterocycles. The van der Waals surface area contributed by atoms with E-state index in [1.165, 1.54) is 11.3 Å². The first-order valence-corrected chi connectivity index (χ1v) is 9.99. The van der Waals surface area contributed by atoms with E-state index in [0.29, 0.717) is 36.2 Å². The fraction of sp³-hybridized carbons (Fsp3) is 0.300. The van der Waals surface area contributed by atoms with Gasteiger partial charge in [-0.15, -0.1) is 0 Å². The molecule has 0 spiro atoms. The molecule has 3 aromatic rings. The lowest BCUT2D eigenvalue weighted by molar-refractivity contribution is -0.118. The molecular weight excluding hydrogens is 384 g/mol. The van der Waals surface area contributed by atoms with Gasteiger partial charge in [-0.3, -0.25) is 4.79 Å². The van der Waals surface area contributed by atoms with E-state index in [4.69, 9.17) is 21.1 Å². The van der Waals surface area contributed by atoms with Crippen molar-refractivity contribution in [1.82, 2.24) is 4.57 Å². The van der Waals surface area contributed by atoms with Crippen LogP contribution in [0.5, 0.6) is 5.75 Å². The summed E-state index contributed by atoms with van der Waals surface area (Å²) in [6.07, 6.45) is 0.218. The van der Waals surface area contributed by atoms with Gasteiger partial charge in [-0.05, 0) is 37.3 Å². The lowest BCUT2D eigenvalue weighted by atomic mass is 10.3. The molecule has 7 heteroatoms. The SMILES string of the molecule is CCOCCn1c(=NC(=O)CCOc2ccccc2)sc2cc(Cl)ccc21. The van der Waals surface area contributed by atoms with Gasteiger partial charge >= 0.3 is 0 Å². The molecule has 0 aliphatic rings. The molecule has 0 atom stereocenters. The van der Waals surface area contributed by atoms with E-state index in [2.05, 4.69) is 4.99 Å². The van der Waals surface area contributed by atoms with Crippen molar-refractivity contribution in [3.05, 3.63) is 58.4 Å². The summed E-state index contributed by atoms with van der Waals surface area (Å²) in [6, 6.07) is 15.1. The Bertz CT molecular complexity index is 966. The molecule has 0 fully saturated rings.